The Bertz CT molecular complexity index is 449. The third-order valence-electron chi connectivity index (χ3n) is 1.92. The Morgan fingerprint density at radius 1 is 1.44 bits per heavy atom. The summed E-state index contributed by atoms with van der Waals surface area (Å²) in [5, 5.41) is 10.8. The Kier molecular flexibility index (Phi) is 5.26. The maximum Gasteiger partial charge on any atom is 0.303 e. The normalized spacial score (nSPS) is 11.9. The molecule has 1 aromatic heterocycles. The van der Waals surface area contributed by atoms with E-state index in [1.165, 1.54) is 6.07 Å². The van der Waals surface area contributed by atoms with Crippen molar-refractivity contribution in [2.75, 3.05) is 5.32 Å². The highest BCUT2D eigenvalue weighted by Crippen LogP contribution is 2.14. The lowest BCUT2D eigenvalue weighted by atomic mass is 10.1. The highest BCUT2D eigenvalue weighted by Gasteiger charge is 2.16. The number of amides is 1. The van der Waals surface area contributed by atoms with Crippen molar-refractivity contribution in [2.45, 2.75) is 18.9 Å². The Morgan fingerprint density at radius 2 is 2.11 bits per heavy atom. The lowest BCUT2D eigenvalue weighted by Gasteiger charge is -2.10. The van der Waals surface area contributed by atoms with E-state index in [1.54, 1.807) is 0 Å². The molecular formula is C9H10Cl2N4O3. The van der Waals surface area contributed by atoms with E-state index in [2.05, 4.69) is 15.3 Å². The van der Waals surface area contributed by atoms with Gasteiger partial charge in [0.2, 0.25) is 11.2 Å². The van der Waals surface area contributed by atoms with Crippen molar-refractivity contribution in [3.05, 3.63) is 16.5 Å². The van der Waals surface area contributed by atoms with Gasteiger partial charge in [-0.15, -0.1) is 0 Å². The van der Waals surface area contributed by atoms with Crippen LogP contribution in [0.2, 0.25) is 10.4 Å². The van der Waals surface area contributed by atoms with Gasteiger partial charge in [-0.25, -0.2) is 9.97 Å². The fourth-order valence-electron chi connectivity index (χ4n) is 1.08. The summed E-state index contributed by atoms with van der Waals surface area (Å²) in [5.74, 6) is -1.48. The van der Waals surface area contributed by atoms with Crippen molar-refractivity contribution < 1.29 is 14.7 Å². The van der Waals surface area contributed by atoms with Crippen LogP contribution in [0, 0.1) is 0 Å². The average Bonchev–Trinajstić information content (AvgIpc) is 2.24. The van der Waals surface area contributed by atoms with Crippen molar-refractivity contribution in [1.82, 2.24) is 9.97 Å². The lowest BCUT2D eigenvalue weighted by Crippen LogP contribution is -2.36. The minimum Gasteiger partial charge on any atom is -0.481 e. The van der Waals surface area contributed by atoms with Crippen LogP contribution in [0.4, 0.5) is 5.82 Å². The molecular weight excluding hydrogens is 283 g/mol. The Labute approximate surface area is 112 Å². The molecule has 1 aromatic rings. The van der Waals surface area contributed by atoms with E-state index in [0.29, 0.717) is 0 Å². The van der Waals surface area contributed by atoms with Crippen LogP contribution >= 0.6 is 23.2 Å². The molecule has 0 saturated carbocycles. The molecule has 0 aromatic carbocycles. The van der Waals surface area contributed by atoms with Crippen LogP contribution in [-0.2, 0) is 9.59 Å². The van der Waals surface area contributed by atoms with Crippen LogP contribution in [0.1, 0.15) is 12.8 Å². The molecule has 98 valence electrons. The number of aliphatic carboxylic acids is 1. The summed E-state index contributed by atoms with van der Waals surface area (Å²) < 4.78 is 0. The molecule has 4 N–H and O–H groups in total. The number of carbonyl (C=O) groups excluding carboxylic acids is 1. The molecule has 0 saturated heterocycles. The van der Waals surface area contributed by atoms with Gasteiger partial charge in [0.05, 0.1) is 6.04 Å². The van der Waals surface area contributed by atoms with Gasteiger partial charge >= 0.3 is 5.97 Å². The summed E-state index contributed by atoms with van der Waals surface area (Å²) in [6, 6.07) is 0.350. The number of hydrogen-bond donors (Lipinski definition) is 3. The molecule has 0 bridgehead atoms. The number of aromatic nitrogens is 2. The molecule has 1 amide bonds. The molecule has 0 radical (unpaired) electrons. The molecule has 1 rings (SSSR count). The summed E-state index contributed by atoms with van der Waals surface area (Å²) >= 11 is 11.2. The minimum absolute atomic E-state index is 0.0215. The first-order valence-electron chi connectivity index (χ1n) is 4.87. The number of carbonyl (C=O) groups is 2. The van der Waals surface area contributed by atoms with Gasteiger partial charge in [0.25, 0.3) is 0 Å². The van der Waals surface area contributed by atoms with Crippen LogP contribution in [0.3, 0.4) is 0 Å². The first-order valence-corrected chi connectivity index (χ1v) is 5.62. The number of carboxylic acids is 1. The zero-order valence-electron chi connectivity index (χ0n) is 9.06. The molecule has 1 unspecified atom stereocenters. The van der Waals surface area contributed by atoms with Gasteiger partial charge in [0, 0.05) is 12.5 Å². The Balaban J connectivity index is 2.60. The summed E-state index contributed by atoms with van der Waals surface area (Å²) in [6.45, 7) is 0. The second-order valence-corrected chi connectivity index (χ2v) is 4.10. The number of nitrogens with one attached hydrogen (secondary N) is 1. The molecule has 0 aliphatic carbocycles. The van der Waals surface area contributed by atoms with Crippen molar-refractivity contribution >= 4 is 40.9 Å². The van der Waals surface area contributed by atoms with Crippen LogP contribution in [0.5, 0.6) is 0 Å². The summed E-state index contributed by atoms with van der Waals surface area (Å²) in [7, 11) is 0. The van der Waals surface area contributed by atoms with E-state index >= 15 is 0 Å². The molecule has 0 fully saturated rings. The quantitative estimate of drug-likeness (QED) is 0.548. The number of nitrogens with zero attached hydrogens (tertiary/aromatic N) is 2. The van der Waals surface area contributed by atoms with Crippen molar-refractivity contribution in [2.24, 2.45) is 5.73 Å². The third-order valence-corrected chi connectivity index (χ3v) is 2.29. The fourth-order valence-corrected chi connectivity index (χ4v) is 1.49. The van der Waals surface area contributed by atoms with Gasteiger partial charge in [-0.3, -0.25) is 9.59 Å². The van der Waals surface area contributed by atoms with E-state index in [0.717, 1.165) is 0 Å². The number of anilines is 1. The molecule has 9 heteroatoms. The first-order chi connectivity index (χ1) is 8.38. The number of hydrogen-bond acceptors (Lipinski definition) is 5. The zero-order valence-corrected chi connectivity index (χ0v) is 10.6. The molecule has 18 heavy (non-hydrogen) atoms. The van der Waals surface area contributed by atoms with E-state index in [1.807, 2.05) is 0 Å². The predicted molar refractivity (Wildman–Crippen MR) is 65.5 cm³/mol. The Morgan fingerprint density at radius 3 is 2.67 bits per heavy atom. The third kappa shape index (κ3) is 4.82. The summed E-state index contributed by atoms with van der Waals surface area (Å²) in [6.07, 6.45) is -0.173. The van der Waals surface area contributed by atoms with Gasteiger partial charge in [0.1, 0.15) is 11.0 Å². The zero-order chi connectivity index (χ0) is 13.7. The maximum absolute atomic E-state index is 11.6. The van der Waals surface area contributed by atoms with Crippen molar-refractivity contribution in [1.29, 1.82) is 0 Å². The van der Waals surface area contributed by atoms with E-state index in [4.69, 9.17) is 34.0 Å². The molecule has 1 atom stereocenters. The monoisotopic (exact) mass is 292 g/mol. The maximum atomic E-state index is 11.6. The highest BCUT2D eigenvalue weighted by molar-refractivity contribution is 6.32. The van der Waals surface area contributed by atoms with Crippen molar-refractivity contribution in [3.8, 4) is 0 Å². The summed E-state index contributed by atoms with van der Waals surface area (Å²) in [4.78, 5) is 29.2. The van der Waals surface area contributed by atoms with Gasteiger partial charge in [-0.2, -0.15) is 0 Å². The smallest absolute Gasteiger partial charge is 0.303 e. The largest absolute Gasteiger partial charge is 0.481 e. The Hall–Kier alpha value is -1.44. The summed E-state index contributed by atoms with van der Waals surface area (Å²) in [5.41, 5.74) is 5.50. The van der Waals surface area contributed by atoms with Crippen LogP contribution < -0.4 is 11.1 Å². The molecule has 0 aliphatic rings. The molecule has 0 spiro atoms. The fraction of sp³-hybridized carbons (Fsp3) is 0.333. The van der Waals surface area contributed by atoms with Gasteiger partial charge in [-0.05, 0) is 18.0 Å². The number of rotatable bonds is 5. The van der Waals surface area contributed by atoms with Crippen LogP contribution in [0.15, 0.2) is 6.07 Å². The SMILES string of the molecule is NC(CCC(=O)O)C(=O)Nc1cc(Cl)nc(Cl)n1. The topological polar surface area (TPSA) is 118 Å². The number of halogens is 2. The number of carboxylic acid groups (broad SMARTS) is 1. The standard InChI is InChI=1S/C9H10Cl2N4O3/c10-5-3-6(15-9(11)13-5)14-8(18)4(12)1-2-7(16)17/h3-4H,1-2,12H2,(H,16,17)(H,13,14,15,18). The van der Waals surface area contributed by atoms with Crippen LogP contribution in [0.25, 0.3) is 0 Å². The van der Waals surface area contributed by atoms with Crippen LogP contribution in [-0.4, -0.2) is 33.0 Å². The lowest BCUT2D eigenvalue weighted by molar-refractivity contribution is -0.137. The number of nitrogens with two attached hydrogens (primary N) is 1. The van der Waals surface area contributed by atoms with E-state index < -0.39 is 17.9 Å². The molecule has 7 nitrogen and oxygen atoms in total. The van der Waals surface area contributed by atoms with Gasteiger partial charge in [0.15, 0.2) is 0 Å². The van der Waals surface area contributed by atoms with Gasteiger partial charge in [-0.1, -0.05) is 11.6 Å². The van der Waals surface area contributed by atoms with E-state index in [9.17, 15) is 9.59 Å². The average molecular weight is 293 g/mol. The van der Waals surface area contributed by atoms with Crippen molar-refractivity contribution in [3.63, 3.8) is 0 Å². The highest BCUT2D eigenvalue weighted by atomic mass is 35.5. The first kappa shape index (κ1) is 14.6. The van der Waals surface area contributed by atoms with E-state index in [-0.39, 0.29) is 29.1 Å². The second kappa shape index (κ2) is 6.48. The second-order valence-electron chi connectivity index (χ2n) is 3.37. The van der Waals surface area contributed by atoms with Gasteiger partial charge < -0.3 is 16.2 Å². The minimum atomic E-state index is -1.02. The molecule has 0 aliphatic heterocycles. The predicted octanol–water partition coefficient (Wildman–Crippen LogP) is 0.914. The molecule has 1 heterocycles.